The zero-order valence-electron chi connectivity index (χ0n) is 13.7. The monoisotopic (exact) mass is 329 g/mol. The highest BCUT2D eigenvalue weighted by Crippen LogP contribution is 2.37. The average molecular weight is 329 g/mol. The summed E-state index contributed by atoms with van der Waals surface area (Å²) in [6, 6.07) is 11.0. The van der Waals surface area contributed by atoms with Crippen molar-refractivity contribution in [3.63, 3.8) is 0 Å². The summed E-state index contributed by atoms with van der Waals surface area (Å²) >= 11 is 1.80. The molecule has 1 atom stereocenters. The molecule has 0 bridgehead atoms. The summed E-state index contributed by atoms with van der Waals surface area (Å²) < 4.78 is 0. The fourth-order valence-corrected chi connectivity index (χ4v) is 4.54. The molecule has 1 unspecified atom stereocenters. The highest BCUT2D eigenvalue weighted by Gasteiger charge is 2.31. The van der Waals surface area contributed by atoms with Crippen LogP contribution in [0.2, 0.25) is 0 Å². The lowest BCUT2D eigenvalue weighted by atomic mass is 9.91. The summed E-state index contributed by atoms with van der Waals surface area (Å²) in [4.78, 5) is 15.1. The van der Waals surface area contributed by atoms with Gasteiger partial charge in [-0.1, -0.05) is 24.3 Å². The normalized spacial score (nSPS) is 18.0. The van der Waals surface area contributed by atoms with E-state index in [1.807, 2.05) is 0 Å². The van der Waals surface area contributed by atoms with Crippen molar-refractivity contribution < 1.29 is 9.90 Å². The van der Waals surface area contributed by atoms with Crippen molar-refractivity contribution >= 4 is 17.3 Å². The zero-order chi connectivity index (χ0) is 16.4. The Kier molecular flexibility index (Phi) is 4.83. The summed E-state index contributed by atoms with van der Waals surface area (Å²) in [5.74, 6) is -0.836. The Morgan fingerprint density at radius 3 is 2.43 bits per heavy atom. The lowest BCUT2D eigenvalue weighted by Crippen LogP contribution is -2.39. The molecule has 1 aliphatic rings. The van der Waals surface area contributed by atoms with E-state index in [4.69, 9.17) is 0 Å². The Bertz CT molecular complexity index is 686. The number of piperidine rings is 1. The van der Waals surface area contributed by atoms with Crippen LogP contribution in [0.15, 0.2) is 35.7 Å². The van der Waals surface area contributed by atoms with Crippen LogP contribution in [0.1, 0.15) is 40.5 Å². The first-order valence-corrected chi connectivity index (χ1v) is 9.02. The SMILES string of the molecule is Cc1ccccc1C(c1sccc1C)N1CCC(C(=O)O)CC1. The Balaban J connectivity index is 1.93. The van der Waals surface area contributed by atoms with E-state index >= 15 is 0 Å². The van der Waals surface area contributed by atoms with Gasteiger partial charge >= 0.3 is 5.97 Å². The maximum absolute atomic E-state index is 11.2. The van der Waals surface area contributed by atoms with Crippen molar-refractivity contribution in [2.75, 3.05) is 13.1 Å². The lowest BCUT2D eigenvalue weighted by Gasteiger charge is -2.37. The van der Waals surface area contributed by atoms with Crippen molar-refractivity contribution in [2.24, 2.45) is 5.92 Å². The third-order valence-electron chi connectivity index (χ3n) is 4.88. The summed E-state index contributed by atoms with van der Waals surface area (Å²) in [6.45, 7) is 6.01. The second-order valence-corrected chi connectivity index (χ2v) is 7.32. The van der Waals surface area contributed by atoms with Crippen LogP contribution in [-0.4, -0.2) is 29.1 Å². The molecular weight excluding hydrogens is 306 g/mol. The highest BCUT2D eigenvalue weighted by atomic mass is 32.1. The fraction of sp³-hybridized carbons (Fsp3) is 0.421. The van der Waals surface area contributed by atoms with Gasteiger partial charge in [0.05, 0.1) is 12.0 Å². The summed E-state index contributed by atoms with van der Waals surface area (Å²) in [5, 5.41) is 11.4. The molecule has 0 amide bonds. The van der Waals surface area contributed by atoms with Gasteiger partial charge in [-0.3, -0.25) is 9.69 Å². The number of thiophene rings is 1. The topological polar surface area (TPSA) is 40.5 Å². The van der Waals surface area contributed by atoms with Crippen molar-refractivity contribution in [3.8, 4) is 0 Å². The van der Waals surface area contributed by atoms with Gasteiger partial charge in [0, 0.05) is 4.88 Å². The molecule has 23 heavy (non-hydrogen) atoms. The number of aliphatic carboxylic acids is 1. The third-order valence-corrected chi connectivity index (χ3v) is 5.95. The van der Waals surface area contributed by atoms with Crippen molar-refractivity contribution in [1.29, 1.82) is 0 Å². The molecule has 122 valence electrons. The molecule has 3 nitrogen and oxygen atoms in total. The number of nitrogens with zero attached hydrogens (tertiary/aromatic N) is 1. The molecule has 1 N–H and O–H groups in total. The van der Waals surface area contributed by atoms with Crippen molar-refractivity contribution in [3.05, 3.63) is 57.3 Å². The van der Waals surface area contributed by atoms with E-state index in [0.29, 0.717) is 0 Å². The van der Waals surface area contributed by atoms with Crippen LogP contribution in [0.5, 0.6) is 0 Å². The van der Waals surface area contributed by atoms with E-state index < -0.39 is 5.97 Å². The average Bonchev–Trinajstić information content (AvgIpc) is 2.96. The molecule has 2 aromatic rings. The van der Waals surface area contributed by atoms with Crippen LogP contribution in [0, 0.1) is 19.8 Å². The zero-order valence-corrected chi connectivity index (χ0v) is 14.5. The van der Waals surface area contributed by atoms with Crippen molar-refractivity contribution in [2.45, 2.75) is 32.7 Å². The van der Waals surface area contributed by atoms with Gasteiger partial charge in [0.25, 0.3) is 0 Å². The number of likely N-dealkylation sites (tertiary alicyclic amines) is 1. The molecule has 2 heterocycles. The molecular formula is C19H23NO2S. The first-order valence-electron chi connectivity index (χ1n) is 8.14. The smallest absolute Gasteiger partial charge is 0.306 e. The van der Waals surface area contributed by atoms with Gasteiger partial charge in [-0.25, -0.2) is 0 Å². The molecule has 1 fully saturated rings. The third kappa shape index (κ3) is 3.33. The van der Waals surface area contributed by atoms with Gasteiger partial charge in [-0.05, 0) is 67.9 Å². The van der Waals surface area contributed by atoms with Gasteiger partial charge in [0.2, 0.25) is 0 Å². The summed E-state index contributed by atoms with van der Waals surface area (Å²) in [6.07, 6.45) is 1.48. The van der Waals surface area contributed by atoms with E-state index in [9.17, 15) is 9.90 Å². The molecule has 4 heteroatoms. The van der Waals surface area contributed by atoms with Crippen LogP contribution < -0.4 is 0 Å². The predicted octanol–water partition coefficient (Wildman–Crippen LogP) is 4.25. The predicted molar refractivity (Wildman–Crippen MR) is 94.0 cm³/mol. The van der Waals surface area contributed by atoms with Crippen LogP contribution in [-0.2, 0) is 4.79 Å². The number of carbonyl (C=O) groups is 1. The van der Waals surface area contributed by atoms with Crippen LogP contribution in [0.3, 0.4) is 0 Å². The molecule has 1 aromatic carbocycles. The molecule has 0 aliphatic carbocycles. The molecule has 1 aliphatic heterocycles. The van der Waals surface area contributed by atoms with Crippen molar-refractivity contribution in [1.82, 2.24) is 4.90 Å². The van der Waals surface area contributed by atoms with Crippen LogP contribution >= 0.6 is 11.3 Å². The first kappa shape index (κ1) is 16.2. The van der Waals surface area contributed by atoms with E-state index in [1.165, 1.54) is 21.6 Å². The summed E-state index contributed by atoms with van der Waals surface area (Å²) in [5.41, 5.74) is 3.96. The number of hydrogen-bond acceptors (Lipinski definition) is 3. The van der Waals surface area contributed by atoms with Gasteiger partial charge in [-0.15, -0.1) is 11.3 Å². The Labute approximate surface area is 141 Å². The van der Waals surface area contributed by atoms with Gasteiger partial charge in [-0.2, -0.15) is 0 Å². The van der Waals surface area contributed by atoms with Gasteiger partial charge < -0.3 is 5.11 Å². The van der Waals surface area contributed by atoms with E-state index in [-0.39, 0.29) is 12.0 Å². The Hall–Kier alpha value is -1.65. The quantitative estimate of drug-likeness (QED) is 0.911. The Morgan fingerprint density at radius 2 is 1.87 bits per heavy atom. The Morgan fingerprint density at radius 1 is 1.17 bits per heavy atom. The largest absolute Gasteiger partial charge is 0.481 e. The van der Waals surface area contributed by atoms with Crippen LogP contribution in [0.4, 0.5) is 0 Å². The molecule has 0 radical (unpaired) electrons. The highest BCUT2D eigenvalue weighted by molar-refractivity contribution is 7.10. The van der Waals surface area contributed by atoms with E-state index in [0.717, 1.165) is 25.9 Å². The number of rotatable bonds is 4. The molecule has 3 rings (SSSR count). The number of carboxylic acid groups (broad SMARTS) is 1. The van der Waals surface area contributed by atoms with Crippen LogP contribution in [0.25, 0.3) is 0 Å². The molecule has 0 saturated carbocycles. The number of hydrogen-bond donors (Lipinski definition) is 1. The second kappa shape index (κ2) is 6.85. The van der Waals surface area contributed by atoms with Gasteiger partial charge in [0.1, 0.15) is 0 Å². The maximum atomic E-state index is 11.2. The number of aryl methyl sites for hydroxylation is 2. The number of carboxylic acids is 1. The standard InChI is InChI=1S/C19H23NO2S/c1-13-5-3-4-6-16(13)17(18-14(2)9-12-23-18)20-10-7-15(8-11-20)19(21)22/h3-6,9,12,15,17H,7-8,10-11H2,1-2H3,(H,21,22). The molecule has 0 spiro atoms. The molecule has 1 saturated heterocycles. The maximum Gasteiger partial charge on any atom is 0.306 e. The minimum absolute atomic E-state index is 0.187. The van der Waals surface area contributed by atoms with E-state index in [1.54, 1.807) is 11.3 Å². The van der Waals surface area contributed by atoms with Gasteiger partial charge in [0.15, 0.2) is 0 Å². The fourth-order valence-electron chi connectivity index (χ4n) is 3.47. The first-order chi connectivity index (χ1) is 11.1. The van der Waals surface area contributed by atoms with E-state index in [2.05, 4.69) is 54.5 Å². The lowest BCUT2D eigenvalue weighted by molar-refractivity contribution is -0.143. The number of benzene rings is 1. The second-order valence-electron chi connectivity index (χ2n) is 6.38. The summed E-state index contributed by atoms with van der Waals surface area (Å²) in [7, 11) is 0. The minimum Gasteiger partial charge on any atom is -0.481 e. The minimum atomic E-state index is -0.649. The molecule has 1 aromatic heterocycles.